The van der Waals surface area contributed by atoms with Gasteiger partial charge in [0.25, 0.3) is 0 Å². The van der Waals surface area contributed by atoms with Gasteiger partial charge in [-0.15, -0.1) is 0 Å². The van der Waals surface area contributed by atoms with Crippen LogP contribution in [0.3, 0.4) is 0 Å². The highest BCUT2D eigenvalue weighted by molar-refractivity contribution is 7.89. The maximum absolute atomic E-state index is 12.5. The van der Waals surface area contributed by atoms with E-state index < -0.39 is 10.0 Å². The summed E-state index contributed by atoms with van der Waals surface area (Å²) in [7, 11) is -3.49. The standard InChI is InChI=1S/C15H28N4O2S/c1-12(2)10-19-11-15(14(4)17-19)22(20,21)16-9-13(3)18-7-5-6-8-18/h11-13,16H,5-10H2,1-4H3/t13-/m0/s1. The highest BCUT2D eigenvalue weighted by Gasteiger charge is 2.23. The summed E-state index contributed by atoms with van der Waals surface area (Å²) in [5.74, 6) is 0.429. The normalized spacial score (nSPS) is 18.2. The van der Waals surface area contributed by atoms with Gasteiger partial charge < -0.3 is 0 Å². The Labute approximate surface area is 133 Å². The molecule has 0 spiro atoms. The molecule has 0 amide bonds. The summed E-state index contributed by atoms with van der Waals surface area (Å²) < 4.78 is 29.4. The zero-order chi connectivity index (χ0) is 16.3. The molecule has 22 heavy (non-hydrogen) atoms. The van der Waals surface area contributed by atoms with Crippen molar-refractivity contribution in [3.63, 3.8) is 0 Å². The van der Waals surface area contributed by atoms with E-state index in [0.29, 0.717) is 23.1 Å². The molecule has 1 aromatic rings. The van der Waals surface area contributed by atoms with Gasteiger partial charge in [0.1, 0.15) is 4.90 Å². The van der Waals surface area contributed by atoms with Crippen molar-refractivity contribution in [1.29, 1.82) is 0 Å². The van der Waals surface area contributed by atoms with Crippen molar-refractivity contribution in [1.82, 2.24) is 19.4 Å². The van der Waals surface area contributed by atoms with Crippen molar-refractivity contribution >= 4 is 10.0 Å². The Morgan fingerprint density at radius 3 is 2.50 bits per heavy atom. The minimum absolute atomic E-state index is 0.225. The van der Waals surface area contributed by atoms with Gasteiger partial charge in [-0.05, 0) is 45.7 Å². The first kappa shape index (κ1) is 17.4. The van der Waals surface area contributed by atoms with Gasteiger partial charge in [0.2, 0.25) is 10.0 Å². The number of hydrogen-bond donors (Lipinski definition) is 1. The van der Waals surface area contributed by atoms with Crippen LogP contribution in [0.2, 0.25) is 0 Å². The maximum atomic E-state index is 12.5. The van der Waals surface area contributed by atoms with Crippen molar-refractivity contribution in [2.75, 3.05) is 19.6 Å². The molecule has 1 aliphatic heterocycles. The van der Waals surface area contributed by atoms with Gasteiger partial charge >= 0.3 is 0 Å². The molecule has 1 N–H and O–H groups in total. The van der Waals surface area contributed by atoms with Crippen LogP contribution in [-0.4, -0.2) is 48.8 Å². The van der Waals surface area contributed by atoms with Crippen molar-refractivity contribution in [2.45, 2.75) is 58.0 Å². The molecule has 6 nitrogen and oxygen atoms in total. The predicted octanol–water partition coefficient (Wildman–Crippen LogP) is 1.61. The van der Waals surface area contributed by atoms with E-state index in [-0.39, 0.29) is 6.04 Å². The lowest BCUT2D eigenvalue weighted by Crippen LogP contribution is -2.40. The molecule has 1 aliphatic rings. The highest BCUT2D eigenvalue weighted by Crippen LogP contribution is 2.15. The van der Waals surface area contributed by atoms with E-state index in [1.165, 1.54) is 12.8 Å². The first-order valence-electron chi connectivity index (χ1n) is 8.07. The van der Waals surface area contributed by atoms with Gasteiger partial charge in [-0.1, -0.05) is 13.8 Å². The average Bonchev–Trinajstić information content (AvgIpc) is 3.05. The fourth-order valence-electron chi connectivity index (χ4n) is 2.85. The van der Waals surface area contributed by atoms with Crippen molar-refractivity contribution in [3.05, 3.63) is 11.9 Å². The first-order valence-corrected chi connectivity index (χ1v) is 9.55. The zero-order valence-corrected chi connectivity index (χ0v) is 14.9. The molecule has 1 saturated heterocycles. The molecule has 0 aliphatic carbocycles. The summed E-state index contributed by atoms with van der Waals surface area (Å²) in [5.41, 5.74) is 0.557. The number of aryl methyl sites for hydroxylation is 1. The lowest BCUT2D eigenvalue weighted by Gasteiger charge is -2.23. The van der Waals surface area contributed by atoms with Gasteiger partial charge in [0.15, 0.2) is 0 Å². The molecule has 1 atom stereocenters. The monoisotopic (exact) mass is 328 g/mol. The number of nitrogens with zero attached hydrogens (tertiary/aromatic N) is 3. The summed E-state index contributed by atoms with van der Waals surface area (Å²) >= 11 is 0. The third-order valence-corrected chi connectivity index (χ3v) is 5.60. The number of likely N-dealkylation sites (tertiary alicyclic amines) is 1. The highest BCUT2D eigenvalue weighted by atomic mass is 32.2. The molecular weight excluding hydrogens is 300 g/mol. The minimum Gasteiger partial charge on any atom is -0.299 e. The topological polar surface area (TPSA) is 67.2 Å². The smallest absolute Gasteiger partial charge is 0.244 e. The fraction of sp³-hybridized carbons (Fsp3) is 0.800. The third-order valence-electron chi connectivity index (χ3n) is 4.08. The minimum atomic E-state index is -3.49. The summed E-state index contributed by atoms with van der Waals surface area (Å²) in [4.78, 5) is 2.62. The van der Waals surface area contributed by atoms with Gasteiger partial charge in [0.05, 0.1) is 5.69 Å². The fourth-order valence-corrected chi connectivity index (χ4v) is 4.16. The molecule has 2 heterocycles. The van der Waals surface area contributed by atoms with Crippen LogP contribution in [0.15, 0.2) is 11.1 Å². The number of hydrogen-bond acceptors (Lipinski definition) is 4. The first-order chi connectivity index (χ1) is 10.3. The van der Waals surface area contributed by atoms with E-state index in [9.17, 15) is 8.42 Å². The van der Waals surface area contributed by atoms with Crippen LogP contribution in [0, 0.1) is 12.8 Å². The van der Waals surface area contributed by atoms with Gasteiger partial charge in [-0.25, -0.2) is 13.1 Å². The van der Waals surface area contributed by atoms with Crippen LogP contribution in [-0.2, 0) is 16.6 Å². The molecule has 126 valence electrons. The maximum Gasteiger partial charge on any atom is 0.244 e. The van der Waals surface area contributed by atoms with E-state index in [0.717, 1.165) is 19.6 Å². The molecule has 0 bridgehead atoms. The van der Waals surface area contributed by atoms with Crippen molar-refractivity contribution < 1.29 is 8.42 Å². The van der Waals surface area contributed by atoms with Crippen LogP contribution < -0.4 is 4.72 Å². The molecule has 1 fully saturated rings. The van der Waals surface area contributed by atoms with Crippen molar-refractivity contribution in [2.24, 2.45) is 5.92 Å². The number of rotatable bonds is 7. The van der Waals surface area contributed by atoms with E-state index in [1.54, 1.807) is 17.8 Å². The van der Waals surface area contributed by atoms with Gasteiger partial charge in [-0.3, -0.25) is 9.58 Å². The van der Waals surface area contributed by atoms with Crippen LogP contribution in [0.5, 0.6) is 0 Å². The summed E-state index contributed by atoms with van der Waals surface area (Å²) in [5, 5.41) is 4.31. The van der Waals surface area contributed by atoms with E-state index in [1.807, 2.05) is 0 Å². The van der Waals surface area contributed by atoms with Crippen LogP contribution in [0.25, 0.3) is 0 Å². The molecule has 0 radical (unpaired) electrons. The predicted molar refractivity (Wildman–Crippen MR) is 87.3 cm³/mol. The van der Waals surface area contributed by atoms with E-state index in [2.05, 4.69) is 35.5 Å². The number of sulfonamides is 1. The van der Waals surface area contributed by atoms with E-state index >= 15 is 0 Å². The zero-order valence-electron chi connectivity index (χ0n) is 14.0. The Balaban J connectivity index is 2.01. The molecule has 7 heteroatoms. The second-order valence-electron chi connectivity index (χ2n) is 6.64. The van der Waals surface area contributed by atoms with Gasteiger partial charge in [0, 0.05) is 25.3 Å². The molecular formula is C15H28N4O2S. The molecule has 1 aromatic heterocycles. The number of nitrogens with one attached hydrogen (secondary N) is 1. The SMILES string of the molecule is Cc1nn(CC(C)C)cc1S(=O)(=O)NC[C@H](C)N1CCCC1. The van der Waals surface area contributed by atoms with Crippen molar-refractivity contribution in [3.8, 4) is 0 Å². The summed E-state index contributed by atoms with van der Waals surface area (Å²) in [6.45, 7) is 11.3. The Morgan fingerprint density at radius 2 is 1.91 bits per heavy atom. The Hall–Kier alpha value is -0.920. The van der Waals surface area contributed by atoms with Crippen LogP contribution in [0.1, 0.15) is 39.3 Å². The lowest BCUT2D eigenvalue weighted by molar-refractivity contribution is 0.260. The molecule has 0 unspecified atom stereocenters. The Kier molecular flexibility index (Phi) is 5.63. The van der Waals surface area contributed by atoms with E-state index in [4.69, 9.17) is 0 Å². The second kappa shape index (κ2) is 7.10. The largest absolute Gasteiger partial charge is 0.299 e. The Bertz CT molecular complexity index is 589. The molecule has 2 rings (SSSR count). The van der Waals surface area contributed by atoms with Crippen LogP contribution >= 0.6 is 0 Å². The molecule has 0 saturated carbocycles. The lowest BCUT2D eigenvalue weighted by atomic mass is 10.2. The second-order valence-corrected chi connectivity index (χ2v) is 8.37. The quantitative estimate of drug-likeness (QED) is 0.826. The summed E-state index contributed by atoms with van der Waals surface area (Å²) in [6, 6.07) is 0.225. The number of aromatic nitrogens is 2. The Morgan fingerprint density at radius 1 is 1.27 bits per heavy atom. The molecule has 0 aromatic carbocycles. The van der Waals surface area contributed by atoms with Gasteiger partial charge in [-0.2, -0.15) is 5.10 Å². The van der Waals surface area contributed by atoms with Crippen LogP contribution in [0.4, 0.5) is 0 Å². The summed E-state index contributed by atoms with van der Waals surface area (Å²) in [6.07, 6.45) is 4.05. The third kappa shape index (κ3) is 4.30. The average molecular weight is 328 g/mol.